The SMILES string of the molecule is CCN(C(=O)C(C)OC(=O)[C@H](C)N=C1NS(=O)(=O)c2ccccc21)C1CCS(=O)(=O)C1. The Morgan fingerprint density at radius 3 is 2.52 bits per heavy atom. The Hall–Kier alpha value is -2.47. The quantitative estimate of drug-likeness (QED) is 0.580. The molecule has 170 valence electrons. The third kappa shape index (κ3) is 4.90. The largest absolute Gasteiger partial charge is 0.451 e. The molecule has 12 heteroatoms. The minimum absolute atomic E-state index is 0.0293. The highest BCUT2D eigenvalue weighted by Gasteiger charge is 2.37. The maximum atomic E-state index is 12.8. The van der Waals surface area contributed by atoms with Crippen LogP contribution in [0.4, 0.5) is 0 Å². The van der Waals surface area contributed by atoms with E-state index in [2.05, 4.69) is 9.71 Å². The smallest absolute Gasteiger partial charge is 0.331 e. The van der Waals surface area contributed by atoms with E-state index in [1.807, 2.05) is 0 Å². The number of benzene rings is 1. The molecule has 3 rings (SSSR count). The fraction of sp³-hybridized carbons (Fsp3) is 0.526. The third-order valence-corrected chi connectivity index (χ3v) is 8.39. The number of rotatable bonds is 6. The number of carbonyl (C=O) groups excluding carboxylic acids is 2. The van der Waals surface area contributed by atoms with E-state index in [9.17, 15) is 26.4 Å². The lowest BCUT2D eigenvalue weighted by Gasteiger charge is -2.29. The number of esters is 1. The highest BCUT2D eigenvalue weighted by molar-refractivity contribution is 7.91. The van der Waals surface area contributed by atoms with E-state index in [4.69, 9.17) is 4.74 Å². The van der Waals surface area contributed by atoms with E-state index in [0.717, 1.165) is 0 Å². The molecule has 2 aliphatic rings. The second-order valence-electron chi connectivity index (χ2n) is 7.52. The standard InChI is InChI=1S/C19H25N3O7S2/c1-4-22(14-9-10-30(25,26)11-14)18(23)13(3)29-19(24)12(2)20-17-15-7-5-6-8-16(15)31(27,28)21-17/h5-8,12-14H,4,9-11H2,1-3H3,(H,20,21)/t12-,13?,14?/m0/s1. The average Bonchev–Trinajstić information content (AvgIpc) is 3.18. The second-order valence-corrected chi connectivity index (χ2v) is 11.4. The summed E-state index contributed by atoms with van der Waals surface area (Å²) in [7, 11) is -6.91. The number of hydrogen-bond donors (Lipinski definition) is 1. The number of fused-ring (bicyclic) bond motifs is 1. The van der Waals surface area contributed by atoms with E-state index in [1.54, 1.807) is 25.1 Å². The maximum absolute atomic E-state index is 12.8. The lowest BCUT2D eigenvalue weighted by atomic mass is 10.2. The number of sulfonamides is 1. The second kappa shape index (κ2) is 8.58. The van der Waals surface area contributed by atoms with Crippen LogP contribution in [-0.2, 0) is 34.2 Å². The number of ether oxygens (including phenoxy) is 1. The predicted molar refractivity (Wildman–Crippen MR) is 113 cm³/mol. The van der Waals surface area contributed by atoms with Crippen molar-refractivity contribution < 1.29 is 31.2 Å². The van der Waals surface area contributed by atoms with Crippen LogP contribution in [0.1, 0.15) is 32.8 Å². The lowest BCUT2D eigenvalue weighted by molar-refractivity contribution is -0.160. The van der Waals surface area contributed by atoms with Gasteiger partial charge in [-0.05, 0) is 39.3 Å². The first-order valence-electron chi connectivity index (χ1n) is 9.86. The lowest BCUT2D eigenvalue weighted by Crippen LogP contribution is -2.47. The molecule has 2 heterocycles. The van der Waals surface area contributed by atoms with E-state index in [0.29, 0.717) is 12.0 Å². The Bertz CT molecular complexity index is 1130. The summed E-state index contributed by atoms with van der Waals surface area (Å²) in [6.45, 7) is 4.87. The monoisotopic (exact) mass is 471 g/mol. The fourth-order valence-corrected chi connectivity index (χ4v) is 6.62. The highest BCUT2D eigenvalue weighted by atomic mass is 32.2. The normalized spacial score (nSPS) is 24.1. The molecule has 10 nitrogen and oxygen atoms in total. The molecule has 1 fully saturated rings. The van der Waals surface area contributed by atoms with E-state index in [-0.39, 0.29) is 28.8 Å². The maximum Gasteiger partial charge on any atom is 0.331 e. The summed E-state index contributed by atoms with van der Waals surface area (Å²) in [5.41, 5.74) is 0.353. The van der Waals surface area contributed by atoms with Crippen LogP contribution in [-0.4, -0.2) is 75.7 Å². The number of carbonyl (C=O) groups is 2. The van der Waals surface area contributed by atoms with Gasteiger partial charge >= 0.3 is 5.97 Å². The summed E-state index contributed by atoms with van der Waals surface area (Å²) in [4.78, 5) is 30.9. The van der Waals surface area contributed by atoms with Gasteiger partial charge in [0.2, 0.25) is 0 Å². The molecule has 0 bridgehead atoms. The van der Waals surface area contributed by atoms with Crippen molar-refractivity contribution in [2.45, 2.75) is 50.3 Å². The summed E-state index contributed by atoms with van der Waals surface area (Å²) in [6.07, 6.45) is -0.780. The molecule has 0 saturated carbocycles. The van der Waals surface area contributed by atoms with Gasteiger partial charge < -0.3 is 9.64 Å². The number of amidine groups is 1. The molecule has 1 aromatic carbocycles. The molecule has 1 N–H and O–H groups in total. The molecule has 0 aromatic heterocycles. The minimum Gasteiger partial charge on any atom is -0.451 e. The van der Waals surface area contributed by atoms with Crippen LogP contribution in [0.15, 0.2) is 34.2 Å². The van der Waals surface area contributed by atoms with Gasteiger partial charge in [-0.3, -0.25) is 14.5 Å². The Morgan fingerprint density at radius 1 is 1.23 bits per heavy atom. The van der Waals surface area contributed by atoms with E-state index < -0.39 is 49.9 Å². The van der Waals surface area contributed by atoms with Gasteiger partial charge in [-0.2, -0.15) is 0 Å². The first-order chi connectivity index (χ1) is 14.4. The van der Waals surface area contributed by atoms with E-state index in [1.165, 1.54) is 24.8 Å². The van der Waals surface area contributed by atoms with Crippen LogP contribution in [0.3, 0.4) is 0 Å². The topological polar surface area (TPSA) is 139 Å². The van der Waals surface area contributed by atoms with Crippen LogP contribution in [0.5, 0.6) is 0 Å². The molecule has 1 amide bonds. The van der Waals surface area contributed by atoms with Crippen molar-refractivity contribution in [3.05, 3.63) is 29.8 Å². The Morgan fingerprint density at radius 2 is 1.90 bits per heavy atom. The molecule has 1 aromatic rings. The summed E-state index contributed by atoms with van der Waals surface area (Å²) >= 11 is 0. The van der Waals surface area contributed by atoms with Gasteiger partial charge in [0, 0.05) is 18.2 Å². The van der Waals surface area contributed by atoms with Gasteiger partial charge in [-0.15, -0.1) is 0 Å². The van der Waals surface area contributed by atoms with Crippen LogP contribution in [0.25, 0.3) is 0 Å². The molecule has 0 aliphatic carbocycles. The van der Waals surface area contributed by atoms with Crippen LogP contribution in [0, 0.1) is 0 Å². The zero-order chi connectivity index (χ0) is 23.0. The highest BCUT2D eigenvalue weighted by Crippen LogP contribution is 2.23. The Kier molecular flexibility index (Phi) is 6.42. The van der Waals surface area contributed by atoms with Crippen molar-refractivity contribution in [1.82, 2.24) is 9.62 Å². The van der Waals surface area contributed by atoms with Crippen molar-refractivity contribution in [2.75, 3.05) is 18.1 Å². The van der Waals surface area contributed by atoms with Crippen molar-refractivity contribution in [3.63, 3.8) is 0 Å². The number of aliphatic imine (C=N–C) groups is 1. The van der Waals surface area contributed by atoms with Gasteiger partial charge in [0.1, 0.15) is 11.9 Å². The molecule has 0 radical (unpaired) electrons. The Labute approximate surface area is 181 Å². The molecular formula is C19H25N3O7S2. The van der Waals surface area contributed by atoms with Crippen LogP contribution >= 0.6 is 0 Å². The number of amides is 1. The number of nitrogens with zero attached hydrogens (tertiary/aromatic N) is 2. The first kappa shape index (κ1) is 23.2. The zero-order valence-corrected chi connectivity index (χ0v) is 19.1. The van der Waals surface area contributed by atoms with Gasteiger partial charge in [0.05, 0.1) is 16.4 Å². The van der Waals surface area contributed by atoms with Crippen LogP contribution in [0.2, 0.25) is 0 Å². The van der Waals surface area contributed by atoms with Crippen molar-refractivity contribution >= 4 is 37.6 Å². The van der Waals surface area contributed by atoms with E-state index >= 15 is 0 Å². The van der Waals surface area contributed by atoms with Crippen molar-refractivity contribution in [3.8, 4) is 0 Å². The van der Waals surface area contributed by atoms with Gasteiger partial charge in [-0.25, -0.2) is 21.6 Å². The van der Waals surface area contributed by atoms with Gasteiger partial charge in [-0.1, -0.05) is 12.1 Å². The number of nitrogens with one attached hydrogen (secondary N) is 1. The minimum atomic E-state index is -3.74. The molecule has 2 unspecified atom stereocenters. The van der Waals surface area contributed by atoms with Gasteiger partial charge in [0.25, 0.3) is 15.9 Å². The molecule has 0 spiro atoms. The molecule has 31 heavy (non-hydrogen) atoms. The predicted octanol–water partition coefficient (Wildman–Crippen LogP) is 0.0809. The Balaban J connectivity index is 1.68. The summed E-state index contributed by atoms with van der Waals surface area (Å²) in [5, 5.41) is 0. The molecular weight excluding hydrogens is 446 g/mol. The molecule has 3 atom stereocenters. The third-order valence-electron chi connectivity index (χ3n) is 5.24. The van der Waals surface area contributed by atoms with Gasteiger partial charge in [0.15, 0.2) is 15.9 Å². The molecule has 1 saturated heterocycles. The number of hydrogen-bond acceptors (Lipinski definition) is 8. The summed E-state index contributed by atoms with van der Waals surface area (Å²) < 4.78 is 55.4. The summed E-state index contributed by atoms with van der Waals surface area (Å²) in [5.74, 6) is -1.32. The number of sulfone groups is 1. The van der Waals surface area contributed by atoms with Crippen molar-refractivity contribution in [1.29, 1.82) is 0 Å². The fourth-order valence-electron chi connectivity index (χ4n) is 3.65. The summed E-state index contributed by atoms with van der Waals surface area (Å²) in [6, 6.07) is 4.74. The average molecular weight is 472 g/mol. The zero-order valence-electron chi connectivity index (χ0n) is 17.4. The molecule has 2 aliphatic heterocycles. The van der Waals surface area contributed by atoms with Crippen LogP contribution < -0.4 is 4.72 Å². The number of likely N-dealkylation sites (N-methyl/N-ethyl adjacent to an activating group) is 1. The first-order valence-corrected chi connectivity index (χ1v) is 13.2. The van der Waals surface area contributed by atoms with Crippen molar-refractivity contribution in [2.24, 2.45) is 4.99 Å².